The molecule has 1 unspecified atom stereocenters. The van der Waals surface area contributed by atoms with Crippen molar-refractivity contribution in [1.82, 2.24) is 0 Å². The topological polar surface area (TPSA) is 14.1 Å². The van der Waals surface area contributed by atoms with Crippen molar-refractivity contribution in [1.29, 1.82) is 0 Å². The van der Waals surface area contributed by atoms with Gasteiger partial charge in [0, 0.05) is 8.80 Å². The molecule has 1 fully saturated rings. The molecule has 1 nitrogen and oxygen atoms in total. The average Bonchev–Trinajstić information content (AvgIpc) is 3.04. The number of hydrogen-bond donors (Lipinski definition) is 0. The number of rotatable bonds is 16. The van der Waals surface area contributed by atoms with Crippen molar-refractivity contribution in [3.8, 4) is 0 Å². The van der Waals surface area contributed by atoms with E-state index in [4.69, 9.17) is 5.32 Å². The minimum Gasteiger partial charge on any atom is -1.00 e. The predicted octanol–water partition coefficient (Wildman–Crippen LogP) is 4.22. The fourth-order valence-electron chi connectivity index (χ4n) is 6.35. The zero-order chi connectivity index (χ0) is 23.4. The molecule has 0 saturated heterocycles. The van der Waals surface area contributed by atoms with Crippen molar-refractivity contribution >= 4 is 8.80 Å². The predicted molar refractivity (Wildman–Crippen MR) is 149 cm³/mol. The van der Waals surface area contributed by atoms with E-state index in [0.717, 1.165) is 0 Å². The zero-order valence-corrected chi connectivity index (χ0v) is 28.3. The number of unbranched alkanes of at least 4 members (excludes halogenated alkanes) is 8. The van der Waals surface area contributed by atoms with Crippen LogP contribution in [0.3, 0.4) is 0 Å². The van der Waals surface area contributed by atoms with Gasteiger partial charge in [0.25, 0.3) is 0 Å². The van der Waals surface area contributed by atoms with Crippen LogP contribution in [0.2, 0.25) is 13.1 Å². The molecule has 5 heteroatoms. The number of halogens is 2. The molecule has 0 aromatic carbocycles. The Bertz CT molecular complexity index is 611. The third-order valence-electron chi connectivity index (χ3n) is 8.59. The summed E-state index contributed by atoms with van der Waals surface area (Å²) in [5.41, 5.74) is 6.89. The van der Waals surface area contributed by atoms with Crippen LogP contribution in [0, 0.1) is 0 Å². The first-order valence-electron chi connectivity index (χ1n) is 14.6. The molecule has 0 amide bonds. The van der Waals surface area contributed by atoms with E-state index in [1.165, 1.54) is 116 Å². The molecule has 1 radical (unpaired) electrons. The Hall–Kier alpha value is 0.951. The standard InChI is InChI=1S/C30H56NSi.2ClH.Ti/c1-7-10-12-14-15-18-21-27-25(4)29(26(9-3)28(27)22-17-13-11-8-2)31-30(32(5)6)23-19-16-20-24-30;;;/h29,32H,7-24H2,1-6H3;2*1H;/q-1;;;+3/p-2. The molecular weight excluding hydrogens is 521 g/mol. The van der Waals surface area contributed by atoms with Crippen LogP contribution in [0.15, 0.2) is 22.3 Å². The maximum absolute atomic E-state index is 5.86. The van der Waals surface area contributed by atoms with Crippen LogP contribution < -0.4 is 24.8 Å². The van der Waals surface area contributed by atoms with Gasteiger partial charge in [0.05, 0.1) is 0 Å². The Labute approximate surface area is 249 Å². The van der Waals surface area contributed by atoms with Crippen LogP contribution in [-0.2, 0) is 21.7 Å². The molecule has 2 aliphatic carbocycles. The molecule has 1 atom stereocenters. The molecule has 0 aliphatic heterocycles. The largest absolute Gasteiger partial charge is 3.00 e. The van der Waals surface area contributed by atoms with Crippen molar-refractivity contribution in [2.24, 2.45) is 0 Å². The minimum atomic E-state index is -0.832. The second kappa shape index (κ2) is 20.9. The first-order chi connectivity index (χ1) is 15.5. The Morgan fingerprint density at radius 3 is 1.74 bits per heavy atom. The molecule has 2 rings (SSSR count). The van der Waals surface area contributed by atoms with Crippen molar-refractivity contribution in [3.05, 3.63) is 27.6 Å². The van der Waals surface area contributed by atoms with Crippen molar-refractivity contribution in [3.63, 3.8) is 0 Å². The monoisotopic (exact) mass is 576 g/mol. The van der Waals surface area contributed by atoms with Gasteiger partial charge in [0.2, 0.25) is 0 Å². The van der Waals surface area contributed by atoms with E-state index in [9.17, 15) is 0 Å². The fourth-order valence-corrected chi connectivity index (χ4v) is 8.36. The second-order valence-electron chi connectivity index (χ2n) is 11.2. The Morgan fingerprint density at radius 2 is 1.23 bits per heavy atom. The van der Waals surface area contributed by atoms with Gasteiger partial charge >= 0.3 is 21.7 Å². The van der Waals surface area contributed by atoms with E-state index >= 15 is 0 Å². The van der Waals surface area contributed by atoms with Gasteiger partial charge in [0.15, 0.2) is 0 Å². The van der Waals surface area contributed by atoms with Crippen molar-refractivity contribution < 1.29 is 46.5 Å². The molecule has 0 bridgehead atoms. The van der Waals surface area contributed by atoms with Gasteiger partial charge in [-0.1, -0.05) is 135 Å². The van der Waals surface area contributed by atoms with Crippen LogP contribution in [0.4, 0.5) is 0 Å². The van der Waals surface area contributed by atoms with Crippen molar-refractivity contribution in [2.45, 2.75) is 168 Å². The molecule has 203 valence electrons. The number of hydrogen-bond acceptors (Lipinski definition) is 0. The SMILES string of the molecule is CCCCCCCCC1=C(C)C([N-]C2([SiH](C)C)CCCCC2)C(CC)=C1CCCCCC.[Cl-].[Cl-].[Ti+3]. The molecule has 0 heterocycles. The number of nitrogens with zero attached hydrogens (tertiary/aromatic N) is 1. The molecule has 0 aromatic rings. The molecule has 35 heavy (non-hydrogen) atoms. The van der Waals surface area contributed by atoms with Gasteiger partial charge in [-0.25, -0.2) is 0 Å². The summed E-state index contributed by atoms with van der Waals surface area (Å²) in [6, 6.07) is 0.421. The molecule has 2 aliphatic rings. The summed E-state index contributed by atoms with van der Waals surface area (Å²) < 4.78 is 0. The molecule has 0 spiro atoms. The van der Waals surface area contributed by atoms with E-state index in [1.807, 2.05) is 0 Å². The van der Waals surface area contributed by atoms with E-state index in [-0.39, 0.29) is 46.5 Å². The van der Waals surface area contributed by atoms with Gasteiger partial charge in [-0.3, -0.25) is 0 Å². The zero-order valence-electron chi connectivity index (χ0n) is 24.1. The van der Waals surface area contributed by atoms with Crippen LogP contribution in [0.1, 0.15) is 143 Å². The van der Waals surface area contributed by atoms with E-state index in [2.05, 4.69) is 40.8 Å². The summed E-state index contributed by atoms with van der Waals surface area (Å²) in [7, 11) is -0.832. The maximum atomic E-state index is 5.86. The summed E-state index contributed by atoms with van der Waals surface area (Å²) >= 11 is 0. The average molecular weight is 578 g/mol. The summed E-state index contributed by atoms with van der Waals surface area (Å²) in [5.74, 6) is 0. The summed E-state index contributed by atoms with van der Waals surface area (Å²) in [6.45, 7) is 14.7. The first-order valence-corrected chi connectivity index (χ1v) is 17.5. The Kier molecular flexibility index (Phi) is 22.7. The third kappa shape index (κ3) is 11.3. The van der Waals surface area contributed by atoms with Gasteiger partial charge in [0.1, 0.15) is 0 Å². The van der Waals surface area contributed by atoms with Gasteiger partial charge in [-0.2, -0.15) is 0 Å². The van der Waals surface area contributed by atoms with E-state index < -0.39 is 8.80 Å². The minimum absolute atomic E-state index is 0. The van der Waals surface area contributed by atoms with Crippen LogP contribution in [0.25, 0.3) is 5.32 Å². The molecule has 0 aromatic heterocycles. The third-order valence-corrected chi connectivity index (χ3v) is 11.5. The summed E-state index contributed by atoms with van der Waals surface area (Å²) in [6.07, 6.45) is 24.7. The van der Waals surface area contributed by atoms with E-state index in [0.29, 0.717) is 11.2 Å². The van der Waals surface area contributed by atoms with Gasteiger partial charge in [-0.05, 0) is 50.2 Å². The van der Waals surface area contributed by atoms with Crippen LogP contribution in [-0.4, -0.2) is 20.0 Å². The smallest absolute Gasteiger partial charge is 1.00 e. The summed E-state index contributed by atoms with van der Waals surface area (Å²) in [5, 5.41) is 6.21. The first kappa shape index (κ1) is 38.1. The van der Waals surface area contributed by atoms with Crippen LogP contribution in [0.5, 0.6) is 0 Å². The molecule has 0 N–H and O–H groups in total. The Morgan fingerprint density at radius 1 is 0.743 bits per heavy atom. The maximum Gasteiger partial charge on any atom is 3.00 e. The van der Waals surface area contributed by atoms with E-state index in [1.54, 1.807) is 22.3 Å². The molecular formula is C30H56Cl2NSiTi. The summed E-state index contributed by atoms with van der Waals surface area (Å²) in [4.78, 5) is 0. The van der Waals surface area contributed by atoms with Crippen LogP contribution >= 0.6 is 0 Å². The van der Waals surface area contributed by atoms with Crippen molar-refractivity contribution in [2.75, 3.05) is 0 Å². The van der Waals surface area contributed by atoms with Gasteiger partial charge in [-0.15, -0.1) is 5.16 Å². The number of allylic oxidation sites excluding steroid dienone is 2. The molecule has 1 saturated carbocycles. The fraction of sp³-hybridized carbons (Fsp3) is 0.867. The Balaban J connectivity index is 0. The second-order valence-corrected chi connectivity index (χ2v) is 14.6. The quantitative estimate of drug-likeness (QED) is 0.193. The normalized spacial score (nSPS) is 19.5. The van der Waals surface area contributed by atoms with Gasteiger partial charge < -0.3 is 30.1 Å².